The van der Waals surface area contributed by atoms with Crippen molar-refractivity contribution in [3.05, 3.63) is 35.9 Å². The molecule has 0 heterocycles. The van der Waals surface area contributed by atoms with Crippen LogP contribution in [0.4, 0.5) is 0 Å². The molecular formula is C25H42NNaO10S. The largest absolute Gasteiger partial charge is 0.481 e. The van der Waals surface area contributed by atoms with Crippen LogP contribution in [-0.2, 0) is 36.1 Å². The van der Waals surface area contributed by atoms with E-state index in [1.54, 1.807) is 30.3 Å². The van der Waals surface area contributed by atoms with Crippen LogP contribution in [0.5, 0.6) is 0 Å². The second-order valence-corrected chi connectivity index (χ2v) is 10.8. The van der Waals surface area contributed by atoms with Crippen LogP contribution in [-0.4, -0.2) is 79.1 Å². The van der Waals surface area contributed by atoms with Crippen LogP contribution in [0.1, 0.15) is 89.5 Å². The summed E-state index contributed by atoms with van der Waals surface area (Å²) in [6.45, 7) is 2.16. The van der Waals surface area contributed by atoms with Gasteiger partial charge in [0.1, 0.15) is 6.61 Å². The molecule has 0 spiro atoms. The number of carbonyl (C=O) groups is 3. The third kappa shape index (κ3) is 24.8. The number of carbonyl (C=O) groups excluding carboxylic acids is 1. The van der Waals surface area contributed by atoms with Crippen molar-refractivity contribution in [2.75, 3.05) is 0 Å². The Morgan fingerprint density at radius 1 is 0.895 bits per heavy atom. The van der Waals surface area contributed by atoms with Crippen molar-refractivity contribution in [3.8, 4) is 0 Å². The van der Waals surface area contributed by atoms with Crippen molar-refractivity contribution in [2.45, 2.75) is 99.8 Å². The summed E-state index contributed by atoms with van der Waals surface area (Å²) in [6, 6.07) is 8.65. The van der Waals surface area contributed by atoms with E-state index in [4.69, 9.17) is 38.2 Å². The first-order valence-corrected chi connectivity index (χ1v) is 15.7. The molecule has 0 aromatic heterocycles. The number of esters is 1. The molecule has 1 rings (SSSR count). The smallest absolute Gasteiger partial charge is 0.394 e. The van der Waals surface area contributed by atoms with Gasteiger partial charge in [-0.2, -0.15) is 8.42 Å². The number of carboxylic acids is 2. The van der Waals surface area contributed by atoms with E-state index in [0.717, 1.165) is 0 Å². The van der Waals surface area contributed by atoms with Gasteiger partial charge in [0.25, 0.3) is 0 Å². The Kier molecular flexibility index (Phi) is 23.7. The topological polar surface area (TPSA) is 202 Å². The molecule has 1 atom stereocenters. The average molecular weight is 572 g/mol. The van der Waals surface area contributed by atoms with E-state index in [0.29, 0.717) is 5.56 Å². The van der Waals surface area contributed by atoms with Crippen LogP contribution in [0, 0.1) is 0 Å². The van der Waals surface area contributed by atoms with Crippen LogP contribution in [0.25, 0.3) is 0 Å². The minimum absolute atomic E-state index is 0.126. The second-order valence-electron chi connectivity index (χ2n) is 8.86. The summed E-state index contributed by atoms with van der Waals surface area (Å²) in [6.07, 6.45) is 13.7. The van der Waals surface area contributed by atoms with E-state index in [1.807, 2.05) is 0 Å². The summed E-state index contributed by atoms with van der Waals surface area (Å²) in [5.74, 6) is -4.01. The Hall–Kier alpha value is -1.54. The summed E-state index contributed by atoms with van der Waals surface area (Å²) in [5.41, 5.74) is 3.78. The number of benzene rings is 1. The number of aliphatic carboxylic acids is 2. The monoisotopic (exact) mass is 571 g/mol. The Morgan fingerprint density at radius 3 is 1.74 bits per heavy atom. The van der Waals surface area contributed by atoms with Gasteiger partial charge in [-0.3, -0.25) is 13.9 Å². The Morgan fingerprint density at radius 2 is 1.34 bits per heavy atom. The van der Waals surface area contributed by atoms with Gasteiger partial charge in [0.15, 0.2) is 0 Å². The number of ether oxygens (including phenoxy) is 1. The molecule has 38 heavy (non-hydrogen) atoms. The van der Waals surface area contributed by atoms with Gasteiger partial charge in [0.05, 0.1) is 0 Å². The number of rotatable bonds is 17. The second kappa shape index (κ2) is 23.4. The van der Waals surface area contributed by atoms with Crippen molar-refractivity contribution in [1.82, 2.24) is 0 Å². The van der Waals surface area contributed by atoms with E-state index >= 15 is 0 Å². The first-order chi connectivity index (χ1) is 17.8. The van der Waals surface area contributed by atoms with Gasteiger partial charge in [-0.15, -0.1) is 0 Å². The minimum atomic E-state index is -4.67. The first-order valence-electron chi connectivity index (χ1n) is 12.9. The molecule has 0 bridgehead atoms. The molecule has 13 heteroatoms. The molecule has 0 aliphatic rings. The van der Waals surface area contributed by atoms with Gasteiger partial charge in [0, 0.05) is 6.42 Å². The first kappa shape index (κ1) is 38.6. The van der Waals surface area contributed by atoms with E-state index < -0.39 is 46.7 Å². The van der Waals surface area contributed by atoms with Crippen molar-refractivity contribution < 1.29 is 46.9 Å². The molecule has 0 aliphatic carbocycles. The van der Waals surface area contributed by atoms with Gasteiger partial charge in [-0.25, -0.2) is 9.59 Å². The number of unbranched alkanes of at least 4 members (excludes halogenated alkanes) is 9. The summed E-state index contributed by atoms with van der Waals surface area (Å²) >= 11 is 1.41. The van der Waals surface area contributed by atoms with Gasteiger partial charge < -0.3 is 20.7 Å². The zero-order chi connectivity index (χ0) is 29.5. The Labute approximate surface area is 243 Å². The zero-order valence-corrected chi connectivity index (χ0v) is 25.3. The number of carboxylic acid groups (broad SMARTS) is 2. The van der Waals surface area contributed by atoms with Crippen LogP contribution in [0.2, 0.25) is 3.67 Å². The molecule has 0 radical (unpaired) electrons. The third-order valence-corrected chi connectivity index (χ3v) is 6.11. The molecule has 11 nitrogen and oxygen atoms in total. The van der Waals surface area contributed by atoms with E-state index in [9.17, 15) is 14.4 Å². The molecule has 1 unspecified atom stereocenters. The van der Waals surface area contributed by atoms with Crippen LogP contribution >= 0.6 is 0 Å². The SMILES string of the molecule is CCCCCCCCCCC[CH2][Na].NC(CCC(=O)O)(C(=O)O)C(=O)OCc1ccccc1.O=S(=O)(O)O. The summed E-state index contributed by atoms with van der Waals surface area (Å²) < 4.78 is 37.9. The average Bonchev–Trinajstić information content (AvgIpc) is 2.84. The standard InChI is InChI=1S/C13H15NO6.C12H25.Na.H2O4S/c14-13(11(17)18,7-6-10(15)16)12(19)20-8-9-4-2-1-3-5-9;1-3-5-7-9-11-12-10-8-6-4-2;;1-5(2,3)4/h1-5H,6-8,14H2,(H,15,16)(H,17,18);1,3-12H2,2H3;;(H2,1,2,3,4). The van der Waals surface area contributed by atoms with Gasteiger partial charge in [0.2, 0.25) is 5.54 Å². The van der Waals surface area contributed by atoms with Crippen molar-refractivity contribution in [2.24, 2.45) is 5.73 Å². The molecule has 0 saturated heterocycles. The summed E-state index contributed by atoms with van der Waals surface area (Å²) in [4.78, 5) is 33.3. The van der Waals surface area contributed by atoms with Crippen molar-refractivity contribution in [1.29, 1.82) is 0 Å². The predicted molar refractivity (Wildman–Crippen MR) is 144 cm³/mol. The van der Waals surface area contributed by atoms with Gasteiger partial charge >= 0.3 is 131 Å². The van der Waals surface area contributed by atoms with E-state index in [-0.39, 0.29) is 6.61 Å². The summed E-state index contributed by atoms with van der Waals surface area (Å²) in [7, 11) is -4.67. The molecule has 0 aliphatic heterocycles. The van der Waals surface area contributed by atoms with Crippen LogP contribution in [0.15, 0.2) is 30.3 Å². The van der Waals surface area contributed by atoms with Crippen molar-refractivity contribution in [3.63, 3.8) is 0 Å². The maximum atomic E-state index is 11.8. The summed E-state index contributed by atoms with van der Waals surface area (Å²) in [5, 5.41) is 17.5. The van der Waals surface area contributed by atoms with Gasteiger partial charge in [-0.05, 0) is 12.0 Å². The Bertz CT molecular complexity index is 865. The van der Waals surface area contributed by atoms with Crippen LogP contribution < -0.4 is 5.73 Å². The molecule has 1 aromatic carbocycles. The molecule has 1 aromatic rings. The Balaban J connectivity index is 0. The maximum Gasteiger partial charge on any atom is 0.394 e. The number of hydrogen-bond donors (Lipinski definition) is 5. The van der Waals surface area contributed by atoms with E-state index in [2.05, 4.69) is 6.92 Å². The van der Waals surface area contributed by atoms with Crippen LogP contribution in [0.3, 0.4) is 0 Å². The fourth-order valence-corrected chi connectivity index (χ4v) is 3.69. The molecule has 6 N–H and O–H groups in total. The predicted octanol–water partition coefficient (Wildman–Crippen LogP) is 4.22. The fraction of sp³-hybridized carbons (Fsp3) is 0.640. The maximum absolute atomic E-state index is 11.8. The molecular weight excluding hydrogens is 529 g/mol. The van der Waals surface area contributed by atoms with Crippen molar-refractivity contribution >= 4 is 56.2 Å². The van der Waals surface area contributed by atoms with Gasteiger partial charge in [-0.1, -0.05) is 30.3 Å². The third-order valence-electron chi connectivity index (χ3n) is 5.40. The fourth-order valence-electron chi connectivity index (χ4n) is 3.19. The van der Waals surface area contributed by atoms with E-state index in [1.165, 1.54) is 95.8 Å². The molecule has 0 fully saturated rings. The molecule has 0 saturated carbocycles. The molecule has 0 amide bonds. The quantitative estimate of drug-likeness (QED) is 0.0589. The zero-order valence-electron chi connectivity index (χ0n) is 22.5. The normalized spacial score (nSPS) is 12.2. The molecule has 214 valence electrons. The minimum Gasteiger partial charge on any atom is -0.481 e. The number of nitrogens with two attached hydrogens (primary N) is 1. The number of hydrogen-bond acceptors (Lipinski definition) is 7.